The molecule has 2 nitrogen and oxygen atoms in total. The van der Waals surface area contributed by atoms with Gasteiger partial charge in [0.05, 0.1) is 5.52 Å². The number of aromatic nitrogens is 1. The molecular formula is C12H12FNO. The summed E-state index contributed by atoms with van der Waals surface area (Å²) in [4.78, 5) is 14.9. The molecule has 78 valence electrons. The molecule has 2 rings (SSSR count). The highest BCUT2D eigenvalue weighted by Gasteiger charge is 2.09. The van der Waals surface area contributed by atoms with E-state index in [1.54, 1.807) is 19.1 Å². The van der Waals surface area contributed by atoms with Crippen molar-refractivity contribution in [1.82, 2.24) is 4.98 Å². The molecule has 0 atom stereocenters. The molecule has 2 aromatic rings. The van der Waals surface area contributed by atoms with E-state index in [9.17, 15) is 9.18 Å². The van der Waals surface area contributed by atoms with Crippen LogP contribution in [0.3, 0.4) is 0 Å². The minimum absolute atomic E-state index is 0.0832. The molecule has 0 saturated heterocycles. The molecule has 15 heavy (non-hydrogen) atoms. The van der Waals surface area contributed by atoms with Crippen LogP contribution in [0.4, 0.5) is 4.39 Å². The first-order valence-electron chi connectivity index (χ1n) is 4.95. The summed E-state index contributed by atoms with van der Waals surface area (Å²) >= 11 is 0. The molecule has 0 spiro atoms. The smallest absolute Gasteiger partial charge is 0.192 e. The predicted molar refractivity (Wildman–Crippen MR) is 58.6 cm³/mol. The van der Waals surface area contributed by atoms with E-state index in [-0.39, 0.29) is 11.2 Å². The number of nitrogens with one attached hydrogen (secondary N) is 1. The molecule has 0 bridgehead atoms. The normalized spacial score (nSPS) is 10.9. The molecule has 0 aliphatic heterocycles. The van der Waals surface area contributed by atoms with Crippen molar-refractivity contribution in [1.29, 1.82) is 0 Å². The van der Waals surface area contributed by atoms with Crippen LogP contribution >= 0.6 is 0 Å². The third-order valence-corrected chi connectivity index (χ3v) is 2.68. The summed E-state index contributed by atoms with van der Waals surface area (Å²) in [5, 5.41) is 0.421. The Morgan fingerprint density at radius 3 is 2.80 bits per heavy atom. The number of halogens is 1. The molecule has 0 radical (unpaired) electrons. The van der Waals surface area contributed by atoms with Crippen molar-refractivity contribution >= 4 is 10.9 Å². The van der Waals surface area contributed by atoms with E-state index in [1.165, 1.54) is 6.07 Å². The Hall–Kier alpha value is -1.64. The van der Waals surface area contributed by atoms with Crippen LogP contribution in [0.25, 0.3) is 10.9 Å². The van der Waals surface area contributed by atoms with Gasteiger partial charge in [-0.1, -0.05) is 13.0 Å². The molecule has 0 aliphatic carbocycles. The zero-order valence-electron chi connectivity index (χ0n) is 8.73. The highest BCUT2D eigenvalue weighted by Crippen LogP contribution is 2.14. The van der Waals surface area contributed by atoms with Crippen molar-refractivity contribution in [2.45, 2.75) is 20.3 Å². The van der Waals surface area contributed by atoms with Crippen LogP contribution in [-0.4, -0.2) is 4.98 Å². The van der Waals surface area contributed by atoms with Crippen molar-refractivity contribution in [3.63, 3.8) is 0 Å². The van der Waals surface area contributed by atoms with Gasteiger partial charge < -0.3 is 4.98 Å². The minimum atomic E-state index is -0.376. The van der Waals surface area contributed by atoms with Crippen LogP contribution in [0.5, 0.6) is 0 Å². The van der Waals surface area contributed by atoms with E-state index in [0.717, 1.165) is 5.69 Å². The average molecular weight is 205 g/mol. The Morgan fingerprint density at radius 2 is 2.13 bits per heavy atom. The summed E-state index contributed by atoms with van der Waals surface area (Å²) < 4.78 is 13.4. The minimum Gasteiger partial charge on any atom is -0.356 e. The molecule has 0 aliphatic rings. The van der Waals surface area contributed by atoms with Crippen LogP contribution in [-0.2, 0) is 6.42 Å². The van der Waals surface area contributed by atoms with Crippen molar-refractivity contribution < 1.29 is 4.39 Å². The quantitative estimate of drug-likeness (QED) is 0.762. The topological polar surface area (TPSA) is 32.9 Å². The van der Waals surface area contributed by atoms with E-state index in [2.05, 4.69) is 4.98 Å². The standard InChI is InChI=1S/C12H12FNO/c1-3-10-7(2)12(15)8-5-4-6-9(13)11(8)14-10/h4-6H,3H2,1-2H3,(H,14,15). The van der Waals surface area contributed by atoms with Gasteiger partial charge in [0.15, 0.2) is 5.43 Å². The molecule has 1 aromatic carbocycles. The maximum atomic E-state index is 13.4. The number of H-pyrrole nitrogens is 1. The van der Waals surface area contributed by atoms with E-state index in [0.29, 0.717) is 22.9 Å². The van der Waals surface area contributed by atoms with Gasteiger partial charge >= 0.3 is 0 Å². The Morgan fingerprint density at radius 1 is 1.40 bits per heavy atom. The van der Waals surface area contributed by atoms with Crippen LogP contribution < -0.4 is 5.43 Å². The van der Waals surface area contributed by atoms with Gasteiger partial charge in [0, 0.05) is 16.6 Å². The highest BCUT2D eigenvalue weighted by molar-refractivity contribution is 5.79. The predicted octanol–water partition coefficient (Wildman–Crippen LogP) is 2.54. The van der Waals surface area contributed by atoms with E-state index in [1.807, 2.05) is 6.92 Å². The van der Waals surface area contributed by atoms with Crippen LogP contribution in [0.15, 0.2) is 23.0 Å². The first kappa shape index (κ1) is 9.90. The first-order valence-corrected chi connectivity index (χ1v) is 4.95. The fourth-order valence-electron chi connectivity index (χ4n) is 1.78. The Balaban J connectivity index is 2.98. The number of rotatable bonds is 1. The second-order valence-electron chi connectivity index (χ2n) is 3.57. The van der Waals surface area contributed by atoms with Gasteiger partial charge in [-0.2, -0.15) is 0 Å². The molecule has 1 aromatic heterocycles. The Kier molecular flexibility index (Phi) is 2.31. The van der Waals surface area contributed by atoms with Gasteiger partial charge in [-0.3, -0.25) is 4.79 Å². The zero-order chi connectivity index (χ0) is 11.0. The van der Waals surface area contributed by atoms with Crippen molar-refractivity contribution in [2.24, 2.45) is 0 Å². The largest absolute Gasteiger partial charge is 0.356 e. The number of aromatic amines is 1. The Bertz CT molecular complexity index is 572. The molecule has 0 unspecified atom stereocenters. The third-order valence-electron chi connectivity index (χ3n) is 2.68. The summed E-state index contributed by atoms with van der Waals surface area (Å²) in [6.45, 7) is 3.70. The van der Waals surface area contributed by atoms with Crippen molar-refractivity contribution in [3.8, 4) is 0 Å². The average Bonchev–Trinajstić information content (AvgIpc) is 2.24. The third kappa shape index (κ3) is 1.44. The van der Waals surface area contributed by atoms with Gasteiger partial charge in [0.25, 0.3) is 0 Å². The maximum Gasteiger partial charge on any atom is 0.192 e. The number of hydrogen-bond acceptors (Lipinski definition) is 1. The van der Waals surface area contributed by atoms with Gasteiger partial charge in [0.2, 0.25) is 0 Å². The lowest BCUT2D eigenvalue weighted by atomic mass is 10.1. The second kappa shape index (κ2) is 3.50. The van der Waals surface area contributed by atoms with E-state index < -0.39 is 0 Å². The zero-order valence-corrected chi connectivity index (χ0v) is 8.73. The summed E-state index contributed by atoms with van der Waals surface area (Å²) in [5.74, 6) is -0.376. The fourth-order valence-corrected chi connectivity index (χ4v) is 1.78. The second-order valence-corrected chi connectivity index (χ2v) is 3.57. The van der Waals surface area contributed by atoms with Gasteiger partial charge in [-0.25, -0.2) is 4.39 Å². The van der Waals surface area contributed by atoms with Crippen LogP contribution in [0.2, 0.25) is 0 Å². The SMILES string of the molecule is CCc1[nH]c2c(F)cccc2c(=O)c1C. The monoisotopic (exact) mass is 205 g/mol. The number of para-hydroxylation sites is 1. The number of benzene rings is 1. The van der Waals surface area contributed by atoms with Crippen LogP contribution in [0.1, 0.15) is 18.2 Å². The maximum absolute atomic E-state index is 13.4. The van der Waals surface area contributed by atoms with Gasteiger partial charge in [-0.15, -0.1) is 0 Å². The molecule has 1 heterocycles. The molecule has 1 N–H and O–H groups in total. The molecule has 0 amide bonds. The molecule has 0 fully saturated rings. The Labute approximate surface area is 86.8 Å². The van der Waals surface area contributed by atoms with Gasteiger partial charge in [-0.05, 0) is 25.5 Å². The lowest BCUT2D eigenvalue weighted by molar-refractivity contribution is 0.636. The number of hydrogen-bond donors (Lipinski definition) is 1. The summed E-state index contributed by atoms with van der Waals surface area (Å²) in [6, 6.07) is 4.55. The molecule has 3 heteroatoms. The van der Waals surface area contributed by atoms with E-state index >= 15 is 0 Å². The lowest BCUT2D eigenvalue weighted by Gasteiger charge is -2.06. The van der Waals surface area contributed by atoms with Gasteiger partial charge in [0.1, 0.15) is 5.82 Å². The summed E-state index contributed by atoms with van der Waals surface area (Å²) in [7, 11) is 0. The number of aryl methyl sites for hydroxylation is 1. The van der Waals surface area contributed by atoms with Crippen molar-refractivity contribution in [3.05, 3.63) is 45.5 Å². The highest BCUT2D eigenvalue weighted by atomic mass is 19.1. The first-order chi connectivity index (χ1) is 7.15. The summed E-state index contributed by atoms with van der Waals surface area (Å²) in [6.07, 6.45) is 0.700. The molecule has 0 saturated carbocycles. The van der Waals surface area contributed by atoms with Crippen molar-refractivity contribution in [2.75, 3.05) is 0 Å². The molecular weight excluding hydrogens is 193 g/mol. The fraction of sp³-hybridized carbons (Fsp3) is 0.250. The summed E-state index contributed by atoms with van der Waals surface area (Å²) in [5.41, 5.74) is 1.71. The van der Waals surface area contributed by atoms with Crippen LogP contribution in [0, 0.1) is 12.7 Å². The number of pyridine rings is 1. The lowest BCUT2D eigenvalue weighted by Crippen LogP contribution is -2.11. The number of fused-ring (bicyclic) bond motifs is 1. The van der Waals surface area contributed by atoms with E-state index in [4.69, 9.17) is 0 Å².